The first-order chi connectivity index (χ1) is 11.9. The molecule has 1 saturated heterocycles. The third-order valence-corrected chi connectivity index (χ3v) is 6.82. The van der Waals surface area contributed by atoms with Gasteiger partial charge in [0.1, 0.15) is 0 Å². The molecule has 0 saturated carbocycles. The lowest BCUT2D eigenvalue weighted by Crippen LogP contribution is -2.35. The van der Waals surface area contributed by atoms with E-state index < -0.39 is 15.9 Å². The largest absolute Gasteiger partial charge is 0.438 e. The lowest BCUT2D eigenvalue weighted by molar-refractivity contribution is 0.0991. The number of nitrogens with one attached hydrogen (secondary N) is 1. The summed E-state index contributed by atoms with van der Waals surface area (Å²) >= 11 is 6.70. The van der Waals surface area contributed by atoms with Crippen LogP contribution in [0.1, 0.15) is 29.8 Å². The van der Waals surface area contributed by atoms with E-state index in [9.17, 15) is 13.2 Å². The molecule has 3 rings (SSSR count). The molecular weight excluding hydrogens is 476 g/mol. The van der Waals surface area contributed by atoms with Crippen molar-refractivity contribution in [2.45, 2.75) is 24.4 Å². The van der Waals surface area contributed by atoms with E-state index in [4.69, 9.17) is 4.42 Å². The van der Waals surface area contributed by atoms with Gasteiger partial charge in [-0.15, -0.1) is 0 Å². The molecule has 1 aromatic carbocycles. The lowest BCUT2D eigenvalue weighted by atomic mass is 10.2. The lowest BCUT2D eigenvalue weighted by Gasteiger charge is -2.24. The molecule has 1 aliphatic heterocycles. The smallest absolute Gasteiger partial charge is 0.291 e. The van der Waals surface area contributed by atoms with Crippen molar-refractivity contribution in [3.63, 3.8) is 0 Å². The molecule has 25 heavy (non-hydrogen) atoms. The zero-order valence-corrected chi connectivity index (χ0v) is 17.2. The summed E-state index contributed by atoms with van der Waals surface area (Å²) in [6.07, 6.45) is 2.70. The number of benzene rings is 1. The molecule has 6 nitrogen and oxygen atoms in total. The van der Waals surface area contributed by atoms with Gasteiger partial charge in [-0.1, -0.05) is 22.4 Å². The highest BCUT2D eigenvalue weighted by atomic mass is 79.9. The van der Waals surface area contributed by atoms with Gasteiger partial charge >= 0.3 is 0 Å². The minimum atomic E-state index is -3.69. The van der Waals surface area contributed by atoms with Crippen LogP contribution in [-0.2, 0) is 10.0 Å². The van der Waals surface area contributed by atoms with Crippen LogP contribution in [0.4, 0.5) is 5.69 Å². The Morgan fingerprint density at radius 2 is 1.80 bits per heavy atom. The molecule has 1 N–H and O–H groups in total. The maximum atomic E-state index is 12.6. The van der Waals surface area contributed by atoms with Crippen LogP contribution < -0.4 is 5.32 Å². The van der Waals surface area contributed by atoms with Crippen LogP contribution in [0.15, 0.2) is 48.8 Å². The van der Waals surface area contributed by atoms with Crippen molar-refractivity contribution in [2.24, 2.45) is 0 Å². The molecule has 2 aromatic rings. The highest BCUT2D eigenvalue weighted by Gasteiger charge is 2.29. The van der Waals surface area contributed by atoms with E-state index in [0.29, 0.717) is 23.2 Å². The molecule has 134 valence electrons. The number of hydrogen-bond donors (Lipinski definition) is 1. The van der Waals surface area contributed by atoms with Crippen molar-refractivity contribution in [1.29, 1.82) is 0 Å². The van der Waals surface area contributed by atoms with Gasteiger partial charge in [0.15, 0.2) is 5.76 Å². The van der Waals surface area contributed by atoms with Crippen molar-refractivity contribution in [2.75, 3.05) is 18.4 Å². The Morgan fingerprint density at radius 3 is 2.48 bits per heavy atom. The van der Waals surface area contributed by atoms with Gasteiger partial charge in [-0.3, -0.25) is 4.79 Å². The maximum absolute atomic E-state index is 12.6. The molecule has 0 atom stereocenters. The Balaban J connectivity index is 1.77. The number of nitrogens with zero attached hydrogens (tertiary/aromatic N) is 1. The molecule has 0 bridgehead atoms. The van der Waals surface area contributed by atoms with Gasteiger partial charge in [-0.2, -0.15) is 4.31 Å². The van der Waals surface area contributed by atoms with Crippen molar-refractivity contribution in [1.82, 2.24) is 4.31 Å². The Bertz CT molecular complexity index is 889. The van der Waals surface area contributed by atoms with Gasteiger partial charge in [0.2, 0.25) is 5.09 Å². The molecule has 1 aromatic heterocycles. The second-order valence-corrected chi connectivity index (χ2v) is 9.30. The van der Waals surface area contributed by atoms with Gasteiger partial charge in [0.05, 0.1) is 5.69 Å². The number of furan rings is 1. The number of halogens is 2. The number of piperidine rings is 1. The van der Waals surface area contributed by atoms with E-state index in [2.05, 4.69) is 37.2 Å². The van der Waals surface area contributed by atoms with Crippen molar-refractivity contribution < 1.29 is 17.6 Å². The Kier molecular flexibility index (Phi) is 5.67. The highest BCUT2D eigenvalue weighted by Crippen LogP contribution is 2.27. The van der Waals surface area contributed by atoms with Crippen LogP contribution in [-0.4, -0.2) is 31.7 Å². The second-order valence-electron chi connectivity index (χ2n) is 5.66. The molecular formula is C16H16Br2N2O4S. The fourth-order valence-electron chi connectivity index (χ4n) is 2.59. The molecule has 0 spiro atoms. The number of carbonyl (C=O) groups is 1. The van der Waals surface area contributed by atoms with E-state index in [1.165, 1.54) is 16.4 Å². The van der Waals surface area contributed by atoms with E-state index >= 15 is 0 Å². The van der Waals surface area contributed by atoms with Crippen LogP contribution in [0.25, 0.3) is 0 Å². The summed E-state index contributed by atoms with van der Waals surface area (Å²) in [5, 5.41) is 2.49. The maximum Gasteiger partial charge on any atom is 0.291 e. The van der Waals surface area contributed by atoms with Crippen molar-refractivity contribution in [3.05, 3.63) is 45.0 Å². The Labute approximate surface area is 162 Å². The second kappa shape index (κ2) is 7.61. The summed E-state index contributed by atoms with van der Waals surface area (Å²) in [5.41, 5.74) is 0.560. The predicted molar refractivity (Wildman–Crippen MR) is 101 cm³/mol. The van der Waals surface area contributed by atoms with Crippen LogP contribution in [0, 0.1) is 0 Å². The zero-order chi connectivity index (χ0) is 18.0. The summed E-state index contributed by atoms with van der Waals surface area (Å²) in [5.74, 6) is -0.562. The number of hydrogen-bond acceptors (Lipinski definition) is 4. The molecule has 0 unspecified atom stereocenters. The zero-order valence-electron chi connectivity index (χ0n) is 13.2. The van der Waals surface area contributed by atoms with E-state index in [-0.39, 0.29) is 10.9 Å². The number of anilines is 1. The third kappa shape index (κ3) is 4.16. The van der Waals surface area contributed by atoms with Gasteiger partial charge in [-0.05, 0) is 59.1 Å². The average Bonchev–Trinajstić information content (AvgIpc) is 3.09. The summed E-state index contributed by atoms with van der Waals surface area (Å²) < 4.78 is 33.4. The number of amides is 1. The minimum absolute atomic E-state index is 0.0506. The summed E-state index contributed by atoms with van der Waals surface area (Å²) in [4.78, 5) is 12.3. The number of sulfonamides is 1. The Morgan fingerprint density at radius 1 is 1.08 bits per heavy atom. The minimum Gasteiger partial charge on any atom is -0.438 e. The van der Waals surface area contributed by atoms with Crippen molar-refractivity contribution >= 4 is 53.5 Å². The van der Waals surface area contributed by atoms with Crippen molar-refractivity contribution in [3.8, 4) is 0 Å². The predicted octanol–water partition coefficient (Wildman–Crippen LogP) is 4.23. The van der Waals surface area contributed by atoms with Crippen LogP contribution >= 0.6 is 31.9 Å². The Hall–Kier alpha value is -1.16. The van der Waals surface area contributed by atoms with E-state index in [1.807, 2.05) is 0 Å². The highest BCUT2D eigenvalue weighted by molar-refractivity contribution is 9.11. The first kappa shape index (κ1) is 18.6. The third-order valence-electron chi connectivity index (χ3n) is 3.89. The van der Waals surface area contributed by atoms with Gasteiger partial charge in [0, 0.05) is 22.0 Å². The topological polar surface area (TPSA) is 79.6 Å². The van der Waals surface area contributed by atoms with Crippen LogP contribution in [0.3, 0.4) is 0 Å². The fourth-order valence-corrected chi connectivity index (χ4v) is 5.16. The number of carbonyl (C=O) groups excluding carboxylic acids is 1. The summed E-state index contributed by atoms with van der Waals surface area (Å²) in [7, 11) is -3.69. The number of rotatable bonds is 4. The molecule has 9 heteroatoms. The normalized spacial score (nSPS) is 15.9. The molecule has 1 fully saturated rings. The van der Waals surface area contributed by atoms with Gasteiger partial charge in [0.25, 0.3) is 15.9 Å². The molecule has 1 aliphatic rings. The van der Waals surface area contributed by atoms with Gasteiger partial charge in [-0.25, -0.2) is 8.42 Å². The molecule has 2 heterocycles. The van der Waals surface area contributed by atoms with E-state index in [1.54, 1.807) is 18.2 Å². The standard InChI is InChI=1S/C16H16Br2N2O4S/c17-11-4-5-13(12(18)10-11)19-16(21)14-6-7-15(24-14)25(22,23)20-8-2-1-3-9-20/h4-7,10H,1-3,8-9H2,(H,19,21). The van der Waals surface area contributed by atoms with Crippen LogP contribution in [0.2, 0.25) is 0 Å². The SMILES string of the molecule is O=C(Nc1ccc(Br)cc1Br)c1ccc(S(=O)(=O)N2CCCCC2)o1. The first-order valence-electron chi connectivity index (χ1n) is 7.74. The van der Waals surface area contributed by atoms with E-state index in [0.717, 1.165) is 23.7 Å². The fraction of sp³-hybridized carbons (Fsp3) is 0.312. The summed E-state index contributed by atoms with van der Waals surface area (Å²) in [6.45, 7) is 0.965. The van der Waals surface area contributed by atoms with Gasteiger partial charge < -0.3 is 9.73 Å². The first-order valence-corrected chi connectivity index (χ1v) is 10.8. The van der Waals surface area contributed by atoms with Crippen LogP contribution in [0.5, 0.6) is 0 Å². The molecule has 0 aliphatic carbocycles. The summed E-state index contributed by atoms with van der Waals surface area (Å²) in [6, 6.07) is 8.01. The quantitative estimate of drug-likeness (QED) is 0.693. The molecule has 0 radical (unpaired) electrons. The molecule has 1 amide bonds. The average molecular weight is 492 g/mol. The monoisotopic (exact) mass is 490 g/mol.